The maximum absolute atomic E-state index is 10.1. The molecule has 0 saturated heterocycles. The van der Waals surface area contributed by atoms with E-state index in [4.69, 9.17) is 0 Å². The van der Waals surface area contributed by atoms with E-state index >= 15 is 0 Å². The lowest BCUT2D eigenvalue weighted by Gasteiger charge is -2.21. The first-order valence-electron chi connectivity index (χ1n) is 7.83. The number of rotatable bonds is 7. The molecule has 0 spiro atoms. The van der Waals surface area contributed by atoms with Crippen LogP contribution >= 0.6 is 0 Å². The summed E-state index contributed by atoms with van der Waals surface area (Å²) in [5, 5.41) is 13.6. The van der Waals surface area contributed by atoms with Gasteiger partial charge in [-0.25, -0.2) is 0 Å². The van der Waals surface area contributed by atoms with E-state index in [0.717, 1.165) is 6.42 Å². The van der Waals surface area contributed by atoms with Crippen LogP contribution < -0.4 is 5.32 Å². The SMILES string of the molecule is OC(CNC(Cc1ccccc1)c1ccccc1)C1CC1. The number of nitrogens with one attached hydrogen (secondary N) is 1. The van der Waals surface area contributed by atoms with Crippen molar-refractivity contribution in [1.82, 2.24) is 5.32 Å². The molecule has 2 aromatic carbocycles. The monoisotopic (exact) mass is 281 g/mol. The van der Waals surface area contributed by atoms with Gasteiger partial charge in [0.25, 0.3) is 0 Å². The predicted octanol–water partition coefficient (Wildman–Crippen LogP) is 3.33. The van der Waals surface area contributed by atoms with E-state index in [2.05, 4.69) is 53.8 Å². The van der Waals surface area contributed by atoms with E-state index in [1.54, 1.807) is 0 Å². The van der Waals surface area contributed by atoms with Crippen LogP contribution in [0.25, 0.3) is 0 Å². The molecule has 1 saturated carbocycles. The van der Waals surface area contributed by atoms with Crippen molar-refractivity contribution in [1.29, 1.82) is 0 Å². The van der Waals surface area contributed by atoms with Crippen molar-refractivity contribution in [2.75, 3.05) is 6.54 Å². The van der Waals surface area contributed by atoms with Gasteiger partial charge in [-0.15, -0.1) is 0 Å². The lowest BCUT2D eigenvalue weighted by atomic mass is 9.98. The van der Waals surface area contributed by atoms with E-state index in [-0.39, 0.29) is 12.1 Å². The molecule has 0 aliphatic heterocycles. The predicted molar refractivity (Wildman–Crippen MR) is 86.1 cm³/mol. The van der Waals surface area contributed by atoms with Crippen LogP contribution in [-0.4, -0.2) is 17.8 Å². The first-order valence-corrected chi connectivity index (χ1v) is 7.83. The molecule has 1 fully saturated rings. The Hall–Kier alpha value is -1.64. The van der Waals surface area contributed by atoms with Gasteiger partial charge in [-0.2, -0.15) is 0 Å². The zero-order chi connectivity index (χ0) is 14.5. The van der Waals surface area contributed by atoms with Crippen molar-refractivity contribution in [3.63, 3.8) is 0 Å². The smallest absolute Gasteiger partial charge is 0.0692 e. The molecule has 0 radical (unpaired) electrons. The number of hydrogen-bond acceptors (Lipinski definition) is 2. The summed E-state index contributed by atoms with van der Waals surface area (Å²) in [5.74, 6) is 0.519. The van der Waals surface area contributed by atoms with Crippen molar-refractivity contribution in [2.24, 2.45) is 5.92 Å². The van der Waals surface area contributed by atoms with Crippen molar-refractivity contribution in [3.8, 4) is 0 Å². The van der Waals surface area contributed by atoms with Crippen molar-refractivity contribution in [3.05, 3.63) is 71.8 Å². The fraction of sp³-hybridized carbons (Fsp3) is 0.368. The van der Waals surface area contributed by atoms with Crippen molar-refractivity contribution >= 4 is 0 Å². The van der Waals surface area contributed by atoms with Crippen LogP contribution in [0.4, 0.5) is 0 Å². The fourth-order valence-corrected chi connectivity index (χ4v) is 2.75. The third-order valence-corrected chi connectivity index (χ3v) is 4.22. The average Bonchev–Trinajstić information content (AvgIpc) is 3.38. The highest BCUT2D eigenvalue weighted by molar-refractivity contribution is 5.23. The van der Waals surface area contributed by atoms with E-state index < -0.39 is 0 Å². The van der Waals surface area contributed by atoms with Crippen LogP contribution in [0, 0.1) is 5.92 Å². The van der Waals surface area contributed by atoms with Crippen LogP contribution in [0.5, 0.6) is 0 Å². The summed E-state index contributed by atoms with van der Waals surface area (Å²) >= 11 is 0. The Kier molecular flexibility index (Phi) is 4.69. The van der Waals surface area contributed by atoms with Gasteiger partial charge in [0.1, 0.15) is 0 Å². The minimum Gasteiger partial charge on any atom is -0.392 e. The van der Waals surface area contributed by atoms with E-state index in [9.17, 15) is 5.11 Å². The van der Waals surface area contributed by atoms with Gasteiger partial charge in [-0.05, 0) is 36.3 Å². The molecule has 1 aliphatic rings. The van der Waals surface area contributed by atoms with Gasteiger partial charge in [0.15, 0.2) is 0 Å². The number of benzene rings is 2. The molecule has 0 amide bonds. The third kappa shape index (κ3) is 4.16. The quantitative estimate of drug-likeness (QED) is 0.816. The highest BCUT2D eigenvalue weighted by Crippen LogP contribution is 2.32. The minimum atomic E-state index is -0.202. The Balaban J connectivity index is 1.68. The highest BCUT2D eigenvalue weighted by Gasteiger charge is 2.29. The van der Waals surface area contributed by atoms with Gasteiger partial charge in [0.05, 0.1) is 6.10 Å². The lowest BCUT2D eigenvalue weighted by molar-refractivity contribution is 0.144. The van der Waals surface area contributed by atoms with Crippen LogP contribution in [0.15, 0.2) is 60.7 Å². The molecular weight excluding hydrogens is 258 g/mol. The molecule has 110 valence electrons. The van der Waals surface area contributed by atoms with Crippen LogP contribution in [0.3, 0.4) is 0 Å². The van der Waals surface area contributed by atoms with Crippen LogP contribution in [-0.2, 0) is 6.42 Å². The first kappa shape index (κ1) is 14.3. The second-order valence-corrected chi connectivity index (χ2v) is 5.97. The molecule has 2 nitrogen and oxygen atoms in total. The van der Waals surface area contributed by atoms with E-state index in [0.29, 0.717) is 12.5 Å². The molecule has 1 aliphatic carbocycles. The number of hydrogen-bond donors (Lipinski definition) is 2. The highest BCUT2D eigenvalue weighted by atomic mass is 16.3. The molecule has 0 bridgehead atoms. The second-order valence-electron chi connectivity index (χ2n) is 5.97. The molecule has 2 aromatic rings. The molecule has 2 unspecified atom stereocenters. The molecule has 0 heterocycles. The van der Waals surface area contributed by atoms with E-state index in [1.807, 2.05) is 12.1 Å². The Labute approximate surface area is 126 Å². The van der Waals surface area contributed by atoms with Crippen LogP contribution in [0.1, 0.15) is 30.0 Å². The van der Waals surface area contributed by atoms with E-state index in [1.165, 1.54) is 24.0 Å². The average molecular weight is 281 g/mol. The Morgan fingerprint density at radius 2 is 1.57 bits per heavy atom. The standard InChI is InChI=1S/C19H23NO/c21-19(17-11-12-17)14-20-18(16-9-5-2-6-10-16)13-15-7-3-1-4-8-15/h1-10,17-21H,11-14H2. The Morgan fingerprint density at radius 1 is 0.952 bits per heavy atom. The summed E-state index contributed by atoms with van der Waals surface area (Å²) < 4.78 is 0. The molecule has 2 atom stereocenters. The zero-order valence-electron chi connectivity index (χ0n) is 12.3. The maximum atomic E-state index is 10.1. The molecule has 21 heavy (non-hydrogen) atoms. The molecule has 0 aromatic heterocycles. The first-order chi connectivity index (χ1) is 10.3. The van der Waals surface area contributed by atoms with Gasteiger partial charge in [0, 0.05) is 12.6 Å². The van der Waals surface area contributed by atoms with Gasteiger partial charge in [0.2, 0.25) is 0 Å². The Morgan fingerprint density at radius 3 is 2.19 bits per heavy atom. The van der Waals surface area contributed by atoms with Crippen LogP contribution in [0.2, 0.25) is 0 Å². The fourth-order valence-electron chi connectivity index (χ4n) is 2.75. The summed E-state index contributed by atoms with van der Waals surface area (Å²) in [6.07, 6.45) is 3.10. The molecule has 3 rings (SSSR count). The summed E-state index contributed by atoms with van der Waals surface area (Å²) in [6, 6.07) is 21.3. The maximum Gasteiger partial charge on any atom is 0.0692 e. The Bertz CT molecular complexity index is 536. The lowest BCUT2D eigenvalue weighted by Crippen LogP contribution is -2.32. The van der Waals surface area contributed by atoms with Crippen molar-refractivity contribution < 1.29 is 5.11 Å². The molecule has 2 N–H and O–H groups in total. The summed E-state index contributed by atoms with van der Waals surface area (Å²) in [6.45, 7) is 0.678. The number of aliphatic hydroxyl groups excluding tert-OH is 1. The van der Waals surface area contributed by atoms with Gasteiger partial charge < -0.3 is 10.4 Å². The molecule has 2 heteroatoms. The normalized spacial score (nSPS) is 17.4. The zero-order valence-corrected chi connectivity index (χ0v) is 12.3. The van der Waals surface area contributed by atoms with Crippen molar-refractivity contribution in [2.45, 2.75) is 31.4 Å². The summed E-state index contributed by atoms with van der Waals surface area (Å²) in [7, 11) is 0. The number of aliphatic hydroxyl groups is 1. The summed E-state index contributed by atoms with van der Waals surface area (Å²) in [5.41, 5.74) is 2.60. The molecular formula is C19H23NO. The second kappa shape index (κ2) is 6.88. The summed E-state index contributed by atoms with van der Waals surface area (Å²) in [4.78, 5) is 0. The van der Waals surface area contributed by atoms with Gasteiger partial charge >= 0.3 is 0 Å². The van der Waals surface area contributed by atoms with Gasteiger partial charge in [-0.3, -0.25) is 0 Å². The largest absolute Gasteiger partial charge is 0.392 e. The van der Waals surface area contributed by atoms with Gasteiger partial charge in [-0.1, -0.05) is 60.7 Å². The minimum absolute atomic E-state index is 0.202. The topological polar surface area (TPSA) is 32.3 Å². The third-order valence-electron chi connectivity index (χ3n) is 4.22.